The first-order valence-electron chi connectivity index (χ1n) is 12.1. The highest BCUT2D eigenvalue weighted by Gasteiger charge is 2.30. The van der Waals surface area contributed by atoms with Gasteiger partial charge in [0.1, 0.15) is 11.8 Å². The molecule has 0 bridgehead atoms. The maximum Gasteiger partial charge on any atom is 0.243 e. The minimum absolute atomic E-state index is 0.00736. The predicted octanol–water partition coefficient (Wildman–Crippen LogP) is 6.09. The summed E-state index contributed by atoms with van der Waals surface area (Å²) < 4.78 is 5.35. The van der Waals surface area contributed by atoms with Crippen molar-refractivity contribution in [1.29, 1.82) is 0 Å². The van der Waals surface area contributed by atoms with Gasteiger partial charge in [0.2, 0.25) is 11.8 Å². The fraction of sp³-hybridized carbons (Fsp3) is 0.481. The number of rotatable bonds is 12. The van der Waals surface area contributed by atoms with Gasteiger partial charge in [-0.3, -0.25) is 9.59 Å². The molecule has 5 nitrogen and oxygen atoms in total. The molecular formula is C27H35ClN2O3S. The van der Waals surface area contributed by atoms with Gasteiger partial charge in [0.05, 0.1) is 7.11 Å². The standard InChI is InChI=1S/C27H35ClN2O3S/c1-3-25(27(32)29-22-9-4-5-10-22)30(19-20-8-6-11-23(18-20)33-2)26(31)12-7-17-34-24-15-13-21(28)14-16-24/h6,8,11,13-16,18,22,25H,3-5,7,9-10,12,17,19H2,1-2H3,(H,29,32)/t25-/m1/s1. The van der Waals surface area contributed by atoms with Crippen LogP contribution in [-0.4, -0.2) is 41.7 Å². The summed E-state index contributed by atoms with van der Waals surface area (Å²) in [7, 11) is 1.63. The van der Waals surface area contributed by atoms with E-state index in [0.717, 1.165) is 54.1 Å². The van der Waals surface area contributed by atoms with Crippen molar-refractivity contribution in [2.75, 3.05) is 12.9 Å². The Morgan fingerprint density at radius 2 is 1.91 bits per heavy atom. The first-order chi connectivity index (χ1) is 16.5. The molecule has 3 rings (SSSR count). The number of ether oxygens (including phenoxy) is 1. The molecule has 7 heteroatoms. The van der Waals surface area contributed by atoms with Gasteiger partial charge >= 0.3 is 0 Å². The summed E-state index contributed by atoms with van der Waals surface area (Å²) in [6, 6.07) is 15.2. The van der Waals surface area contributed by atoms with E-state index >= 15 is 0 Å². The third kappa shape index (κ3) is 7.95. The molecule has 1 aliphatic rings. The fourth-order valence-corrected chi connectivity index (χ4v) is 5.32. The third-order valence-electron chi connectivity index (χ3n) is 6.19. The molecule has 2 amide bonds. The van der Waals surface area contributed by atoms with Crippen LogP contribution < -0.4 is 10.1 Å². The van der Waals surface area contributed by atoms with Crippen LogP contribution in [0.3, 0.4) is 0 Å². The monoisotopic (exact) mass is 502 g/mol. The summed E-state index contributed by atoms with van der Waals surface area (Å²) in [4.78, 5) is 29.5. The largest absolute Gasteiger partial charge is 0.497 e. The predicted molar refractivity (Wildman–Crippen MR) is 139 cm³/mol. The summed E-state index contributed by atoms with van der Waals surface area (Å²) >= 11 is 7.67. The highest BCUT2D eigenvalue weighted by Crippen LogP contribution is 2.23. The van der Waals surface area contributed by atoms with Crippen LogP contribution in [0.1, 0.15) is 57.4 Å². The van der Waals surface area contributed by atoms with Crippen LogP contribution in [0, 0.1) is 0 Å². The topological polar surface area (TPSA) is 58.6 Å². The normalized spacial score (nSPS) is 14.6. The van der Waals surface area contributed by atoms with Crippen molar-refractivity contribution in [3.05, 3.63) is 59.1 Å². The molecule has 1 fully saturated rings. The minimum atomic E-state index is -0.483. The van der Waals surface area contributed by atoms with Crippen molar-refractivity contribution in [1.82, 2.24) is 10.2 Å². The van der Waals surface area contributed by atoms with Gasteiger partial charge in [-0.1, -0.05) is 43.5 Å². The number of hydrogen-bond donors (Lipinski definition) is 1. The van der Waals surface area contributed by atoms with Crippen LogP contribution >= 0.6 is 23.4 Å². The van der Waals surface area contributed by atoms with Crippen molar-refractivity contribution in [2.24, 2.45) is 0 Å². The molecule has 0 heterocycles. The third-order valence-corrected chi connectivity index (χ3v) is 7.54. The van der Waals surface area contributed by atoms with Crippen LogP contribution in [0.25, 0.3) is 0 Å². The molecule has 1 N–H and O–H groups in total. The molecule has 2 aromatic rings. The van der Waals surface area contributed by atoms with Crippen molar-refractivity contribution < 1.29 is 14.3 Å². The second kappa shape index (κ2) is 13.6. The smallest absolute Gasteiger partial charge is 0.243 e. The number of amides is 2. The molecule has 1 aliphatic carbocycles. The number of hydrogen-bond acceptors (Lipinski definition) is 4. The highest BCUT2D eigenvalue weighted by molar-refractivity contribution is 7.99. The Kier molecular flexibility index (Phi) is 10.6. The summed E-state index contributed by atoms with van der Waals surface area (Å²) in [5.41, 5.74) is 0.954. The molecule has 0 aromatic heterocycles. The average Bonchev–Trinajstić information content (AvgIpc) is 3.35. The first-order valence-corrected chi connectivity index (χ1v) is 13.5. The lowest BCUT2D eigenvalue weighted by Crippen LogP contribution is -2.50. The van der Waals surface area contributed by atoms with E-state index in [1.165, 1.54) is 0 Å². The lowest BCUT2D eigenvalue weighted by atomic mass is 10.1. The molecule has 0 saturated heterocycles. The zero-order valence-corrected chi connectivity index (χ0v) is 21.7. The van der Waals surface area contributed by atoms with Crippen molar-refractivity contribution in [2.45, 2.75) is 75.4 Å². The molecule has 2 aromatic carbocycles. The van der Waals surface area contributed by atoms with Gasteiger partial charge in [0, 0.05) is 28.9 Å². The van der Waals surface area contributed by atoms with E-state index in [9.17, 15) is 9.59 Å². The maximum absolute atomic E-state index is 13.4. The fourth-order valence-electron chi connectivity index (χ4n) is 4.34. The quantitative estimate of drug-likeness (QED) is 0.282. The van der Waals surface area contributed by atoms with Crippen LogP contribution in [-0.2, 0) is 16.1 Å². The molecular weight excluding hydrogens is 468 g/mol. The van der Waals surface area contributed by atoms with E-state index in [4.69, 9.17) is 16.3 Å². The molecule has 0 unspecified atom stereocenters. The highest BCUT2D eigenvalue weighted by atomic mass is 35.5. The van der Waals surface area contributed by atoms with Crippen molar-refractivity contribution in [3.63, 3.8) is 0 Å². The Morgan fingerprint density at radius 1 is 1.18 bits per heavy atom. The number of nitrogens with one attached hydrogen (secondary N) is 1. The van der Waals surface area contributed by atoms with Gasteiger partial charge < -0.3 is 15.0 Å². The Balaban J connectivity index is 1.66. The number of carbonyl (C=O) groups excluding carboxylic acids is 2. The number of carbonyl (C=O) groups is 2. The Labute approximate surface area is 212 Å². The summed E-state index contributed by atoms with van der Waals surface area (Å²) in [5.74, 6) is 1.53. The second-order valence-corrected chi connectivity index (χ2v) is 10.3. The van der Waals surface area contributed by atoms with Gasteiger partial charge in [-0.25, -0.2) is 0 Å². The molecule has 1 saturated carbocycles. The zero-order valence-electron chi connectivity index (χ0n) is 20.1. The van der Waals surface area contributed by atoms with Gasteiger partial charge in [0.15, 0.2) is 0 Å². The van der Waals surface area contributed by atoms with Gasteiger partial charge in [-0.2, -0.15) is 0 Å². The van der Waals surface area contributed by atoms with E-state index in [1.54, 1.807) is 23.8 Å². The van der Waals surface area contributed by atoms with Crippen LogP contribution in [0.2, 0.25) is 5.02 Å². The van der Waals surface area contributed by atoms with Gasteiger partial charge in [-0.15, -0.1) is 11.8 Å². The molecule has 0 radical (unpaired) electrons. The Morgan fingerprint density at radius 3 is 2.59 bits per heavy atom. The van der Waals surface area contributed by atoms with Gasteiger partial charge in [-0.05, 0) is 73.4 Å². The van der Waals surface area contributed by atoms with E-state index in [-0.39, 0.29) is 17.9 Å². The van der Waals surface area contributed by atoms with E-state index in [1.807, 2.05) is 55.5 Å². The molecule has 1 atom stereocenters. The van der Waals surface area contributed by atoms with Crippen molar-refractivity contribution >= 4 is 35.2 Å². The molecule has 0 spiro atoms. The van der Waals surface area contributed by atoms with Crippen LogP contribution in [0.5, 0.6) is 5.75 Å². The SMILES string of the molecule is CC[C@H](C(=O)NC1CCCC1)N(Cc1cccc(OC)c1)C(=O)CCCSc1ccc(Cl)cc1. The molecule has 0 aliphatic heterocycles. The Bertz CT molecular complexity index is 932. The lowest BCUT2D eigenvalue weighted by Gasteiger charge is -2.31. The second-order valence-electron chi connectivity index (χ2n) is 8.69. The summed E-state index contributed by atoms with van der Waals surface area (Å²) in [6.07, 6.45) is 6.06. The lowest BCUT2D eigenvalue weighted by molar-refractivity contribution is -0.141. The minimum Gasteiger partial charge on any atom is -0.497 e. The van der Waals surface area contributed by atoms with E-state index in [0.29, 0.717) is 24.4 Å². The van der Waals surface area contributed by atoms with Gasteiger partial charge in [0.25, 0.3) is 0 Å². The van der Waals surface area contributed by atoms with E-state index < -0.39 is 6.04 Å². The van der Waals surface area contributed by atoms with Crippen molar-refractivity contribution in [3.8, 4) is 5.75 Å². The molecule has 184 valence electrons. The Hall–Kier alpha value is -2.18. The molecule has 34 heavy (non-hydrogen) atoms. The van der Waals surface area contributed by atoms with Crippen LogP contribution in [0.15, 0.2) is 53.4 Å². The number of thioether (sulfide) groups is 1. The average molecular weight is 503 g/mol. The zero-order chi connectivity index (χ0) is 24.3. The number of halogens is 1. The maximum atomic E-state index is 13.4. The van der Waals surface area contributed by atoms with Crippen LogP contribution in [0.4, 0.5) is 0 Å². The summed E-state index contributed by atoms with van der Waals surface area (Å²) in [6.45, 7) is 2.36. The summed E-state index contributed by atoms with van der Waals surface area (Å²) in [5, 5.41) is 3.91. The van der Waals surface area contributed by atoms with E-state index in [2.05, 4.69) is 5.32 Å². The first kappa shape index (κ1) is 26.4. The number of benzene rings is 2. The number of nitrogens with zero attached hydrogens (tertiary/aromatic N) is 1. The number of methoxy groups -OCH3 is 1.